The SMILES string of the molecule is Nn1c(SCC(=O)N(C2CCCCC2)C2CCCCC2)nnc1-c1ccccc1Cl. The smallest absolute Gasteiger partial charge is 0.233 e. The number of thioether (sulfide) groups is 1. The van der Waals surface area contributed by atoms with E-state index in [4.69, 9.17) is 17.4 Å². The molecule has 162 valence electrons. The number of rotatable bonds is 6. The molecular formula is C22H30ClN5OS. The number of nitrogens with two attached hydrogens (primary N) is 1. The number of hydrogen-bond acceptors (Lipinski definition) is 5. The molecule has 2 fully saturated rings. The number of aromatic nitrogens is 3. The topological polar surface area (TPSA) is 77.0 Å². The van der Waals surface area contributed by atoms with Gasteiger partial charge in [-0.1, -0.05) is 74.0 Å². The van der Waals surface area contributed by atoms with Gasteiger partial charge in [0.2, 0.25) is 11.1 Å². The Labute approximate surface area is 187 Å². The van der Waals surface area contributed by atoms with Crippen LogP contribution in [0.15, 0.2) is 29.4 Å². The fourth-order valence-corrected chi connectivity index (χ4v) is 5.77. The molecule has 1 heterocycles. The van der Waals surface area contributed by atoms with Gasteiger partial charge in [0.1, 0.15) is 0 Å². The van der Waals surface area contributed by atoms with Crippen LogP contribution in [0.1, 0.15) is 64.2 Å². The predicted molar refractivity (Wildman–Crippen MR) is 122 cm³/mol. The average Bonchev–Trinajstić information content (AvgIpc) is 3.14. The summed E-state index contributed by atoms with van der Waals surface area (Å²) >= 11 is 7.64. The van der Waals surface area contributed by atoms with E-state index in [0.29, 0.717) is 33.8 Å². The summed E-state index contributed by atoms with van der Waals surface area (Å²) in [4.78, 5) is 15.6. The molecule has 1 aromatic heterocycles. The van der Waals surface area contributed by atoms with E-state index in [1.165, 1.54) is 55.0 Å². The van der Waals surface area contributed by atoms with E-state index in [0.717, 1.165) is 31.2 Å². The summed E-state index contributed by atoms with van der Waals surface area (Å²) in [6.07, 6.45) is 12.0. The highest BCUT2D eigenvalue weighted by molar-refractivity contribution is 7.99. The van der Waals surface area contributed by atoms with Crippen LogP contribution in [0.4, 0.5) is 0 Å². The van der Waals surface area contributed by atoms with Crippen LogP contribution in [0.5, 0.6) is 0 Å². The van der Waals surface area contributed by atoms with Crippen molar-refractivity contribution in [2.24, 2.45) is 0 Å². The van der Waals surface area contributed by atoms with Gasteiger partial charge in [-0.25, -0.2) is 4.68 Å². The van der Waals surface area contributed by atoms with Crippen LogP contribution in [0, 0.1) is 0 Å². The Bertz CT molecular complexity index is 843. The van der Waals surface area contributed by atoms with Crippen molar-refractivity contribution in [2.45, 2.75) is 81.4 Å². The number of carbonyl (C=O) groups is 1. The maximum Gasteiger partial charge on any atom is 0.233 e. The summed E-state index contributed by atoms with van der Waals surface area (Å²) in [7, 11) is 0. The lowest BCUT2D eigenvalue weighted by Crippen LogP contribution is -2.49. The minimum Gasteiger partial charge on any atom is -0.336 e. The number of nitrogens with zero attached hydrogens (tertiary/aromatic N) is 4. The van der Waals surface area contributed by atoms with Gasteiger partial charge in [-0.15, -0.1) is 10.2 Å². The largest absolute Gasteiger partial charge is 0.336 e. The van der Waals surface area contributed by atoms with Gasteiger partial charge in [0.15, 0.2) is 5.82 Å². The Morgan fingerprint density at radius 1 is 1.03 bits per heavy atom. The minimum atomic E-state index is 0.209. The molecule has 4 rings (SSSR count). The van der Waals surface area contributed by atoms with E-state index < -0.39 is 0 Å². The Balaban J connectivity index is 1.46. The maximum absolute atomic E-state index is 13.3. The van der Waals surface area contributed by atoms with Gasteiger partial charge in [0.25, 0.3) is 0 Å². The highest BCUT2D eigenvalue weighted by atomic mass is 35.5. The van der Waals surface area contributed by atoms with Crippen molar-refractivity contribution in [3.63, 3.8) is 0 Å². The molecule has 0 atom stereocenters. The zero-order chi connectivity index (χ0) is 20.9. The van der Waals surface area contributed by atoms with Crippen LogP contribution >= 0.6 is 23.4 Å². The quantitative estimate of drug-likeness (QED) is 0.503. The van der Waals surface area contributed by atoms with Gasteiger partial charge in [-0.05, 0) is 37.8 Å². The minimum absolute atomic E-state index is 0.209. The average molecular weight is 448 g/mol. The van der Waals surface area contributed by atoms with E-state index in [2.05, 4.69) is 15.1 Å². The summed E-state index contributed by atoms with van der Waals surface area (Å²) < 4.78 is 1.44. The zero-order valence-corrected chi connectivity index (χ0v) is 18.9. The van der Waals surface area contributed by atoms with Crippen LogP contribution in [0.2, 0.25) is 5.02 Å². The van der Waals surface area contributed by atoms with Crippen molar-refractivity contribution in [3.05, 3.63) is 29.3 Å². The first kappa shape index (κ1) is 21.5. The Kier molecular flexibility index (Phi) is 7.20. The molecule has 1 amide bonds. The standard InChI is InChI=1S/C22H30ClN5OS/c23-19-14-8-7-13-18(19)21-25-26-22(28(21)24)30-15-20(29)27(16-9-3-1-4-10-16)17-11-5-2-6-12-17/h7-8,13-14,16-17H,1-6,9-12,15,24H2. The molecule has 0 aliphatic heterocycles. The van der Waals surface area contributed by atoms with Gasteiger partial charge in [0.05, 0.1) is 10.8 Å². The lowest BCUT2D eigenvalue weighted by Gasteiger charge is -2.41. The second-order valence-corrected chi connectivity index (χ2v) is 9.68. The summed E-state index contributed by atoms with van der Waals surface area (Å²) in [5, 5.41) is 9.53. The van der Waals surface area contributed by atoms with Gasteiger partial charge in [-0.3, -0.25) is 4.79 Å². The number of benzene rings is 1. The maximum atomic E-state index is 13.3. The van der Waals surface area contributed by atoms with E-state index >= 15 is 0 Å². The number of amides is 1. The van der Waals surface area contributed by atoms with Gasteiger partial charge in [-0.2, -0.15) is 0 Å². The molecule has 30 heavy (non-hydrogen) atoms. The number of hydrogen-bond donors (Lipinski definition) is 1. The molecular weight excluding hydrogens is 418 g/mol. The molecule has 2 aliphatic rings. The molecule has 0 radical (unpaired) electrons. The van der Waals surface area contributed by atoms with Gasteiger partial charge in [0, 0.05) is 17.6 Å². The lowest BCUT2D eigenvalue weighted by atomic mass is 9.88. The number of nitrogen functional groups attached to an aromatic ring is 1. The van der Waals surface area contributed by atoms with Gasteiger partial charge < -0.3 is 10.7 Å². The zero-order valence-electron chi connectivity index (χ0n) is 17.3. The second-order valence-electron chi connectivity index (χ2n) is 8.33. The third-order valence-electron chi connectivity index (χ3n) is 6.33. The first-order chi connectivity index (χ1) is 14.6. The summed E-state index contributed by atoms with van der Waals surface area (Å²) in [6, 6.07) is 8.20. The summed E-state index contributed by atoms with van der Waals surface area (Å²) in [6.45, 7) is 0. The normalized spacial score (nSPS) is 18.4. The molecule has 0 spiro atoms. The number of carbonyl (C=O) groups excluding carboxylic acids is 1. The third-order valence-corrected chi connectivity index (χ3v) is 7.59. The summed E-state index contributed by atoms with van der Waals surface area (Å²) in [5.74, 6) is 7.29. The molecule has 8 heteroatoms. The Morgan fingerprint density at radius 3 is 2.23 bits per heavy atom. The van der Waals surface area contributed by atoms with Crippen molar-refractivity contribution in [3.8, 4) is 11.4 Å². The van der Waals surface area contributed by atoms with Crippen molar-refractivity contribution >= 4 is 29.3 Å². The first-order valence-electron chi connectivity index (χ1n) is 11.0. The summed E-state index contributed by atoms with van der Waals surface area (Å²) in [5.41, 5.74) is 0.735. The van der Waals surface area contributed by atoms with E-state index in [9.17, 15) is 4.79 Å². The van der Waals surface area contributed by atoms with E-state index in [1.807, 2.05) is 18.2 Å². The van der Waals surface area contributed by atoms with E-state index in [-0.39, 0.29) is 5.91 Å². The lowest BCUT2D eigenvalue weighted by molar-refractivity contribution is -0.135. The van der Waals surface area contributed by atoms with E-state index in [1.54, 1.807) is 6.07 Å². The fraction of sp³-hybridized carbons (Fsp3) is 0.591. The van der Waals surface area contributed by atoms with Crippen LogP contribution in [-0.4, -0.2) is 43.5 Å². The van der Waals surface area contributed by atoms with Crippen LogP contribution in [0.3, 0.4) is 0 Å². The highest BCUT2D eigenvalue weighted by Gasteiger charge is 2.32. The highest BCUT2D eigenvalue weighted by Crippen LogP contribution is 2.32. The van der Waals surface area contributed by atoms with Crippen molar-refractivity contribution < 1.29 is 4.79 Å². The molecule has 2 aliphatic carbocycles. The Morgan fingerprint density at radius 2 is 1.63 bits per heavy atom. The first-order valence-corrected chi connectivity index (χ1v) is 12.4. The monoisotopic (exact) mass is 447 g/mol. The van der Waals surface area contributed by atoms with Crippen molar-refractivity contribution in [1.82, 2.24) is 19.8 Å². The molecule has 1 aromatic carbocycles. The molecule has 0 saturated heterocycles. The molecule has 0 unspecified atom stereocenters. The van der Waals surface area contributed by atoms with Crippen LogP contribution < -0.4 is 5.84 Å². The van der Waals surface area contributed by atoms with Crippen LogP contribution in [-0.2, 0) is 4.79 Å². The predicted octanol–water partition coefficient (Wildman–Crippen LogP) is 4.90. The molecule has 0 bridgehead atoms. The Hall–Kier alpha value is -1.73. The number of halogens is 1. The second kappa shape index (κ2) is 10.1. The molecule has 2 aromatic rings. The van der Waals surface area contributed by atoms with Crippen LogP contribution in [0.25, 0.3) is 11.4 Å². The molecule has 2 saturated carbocycles. The third kappa shape index (κ3) is 4.78. The van der Waals surface area contributed by atoms with Gasteiger partial charge >= 0.3 is 0 Å². The fourth-order valence-electron chi connectivity index (χ4n) is 4.83. The van der Waals surface area contributed by atoms with Crippen molar-refractivity contribution in [1.29, 1.82) is 0 Å². The molecule has 6 nitrogen and oxygen atoms in total. The van der Waals surface area contributed by atoms with Crippen molar-refractivity contribution in [2.75, 3.05) is 11.6 Å². The molecule has 2 N–H and O–H groups in total.